The van der Waals surface area contributed by atoms with Crippen LogP contribution in [0.4, 0.5) is 19.0 Å². The summed E-state index contributed by atoms with van der Waals surface area (Å²) in [6, 6.07) is 12.1. The zero-order valence-electron chi connectivity index (χ0n) is 15.5. The number of benzene rings is 1. The minimum atomic E-state index is -4.70. The number of alkyl halides is 3. The first-order chi connectivity index (χ1) is 14.3. The first-order valence-corrected chi connectivity index (χ1v) is 9.26. The Labute approximate surface area is 167 Å². The number of rotatable bonds is 3. The van der Waals surface area contributed by atoms with Crippen LogP contribution >= 0.6 is 0 Å². The number of hydrogen-bond acceptors (Lipinski definition) is 6. The van der Waals surface area contributed by atoms with Gasteiger partial charge in [-0.25, -0.2) is 0 Å². The van der Waals surface area contributed by atoms with Crippen LogP contribution in [0.2, 0.25) is 0 Å². The van der Waals surface area contributed by atoms with Crippen molar-refractivity contribution in [3.63, 3.8) is 0 Å². The van der Waals surface area contributed by atoms with Crippen LogP contribution < -0.4 is 4.90 Å². The van der Waals surface area contributed by atoms with Crippen LogP contribution in [0.5, 0.6) is 0 Å². The number of imide groups is 1. The summed E-state index contributed by atoms with van der Waals surface area (Å²) in [5.41, 5.74) is 0.821. The molecule has 3 aromatic rings. The van der Waals surface area contributed by atoms with E-state index in [1.54, 1.807) is 4.90 Å². The SMILES string of the molecule is O=C1C2CN(c3ccc4nnc(C(F)(F)F)n4n3)CC2C(=O)N1Cc1ccccc1. The van der Waals surface area contributed by atoms with Gasteiger partial charge in [-0.15, -0.1) is 15.3 Å². The molecule has 2 aromatic heterocycles. The van der Waals surface area contributed by atoms with Crippen molar-refractivity contribution in [2.24, 2.45) is 11.8 Å². The highest BCUT2D eigenvalue weighted by molar-refractivity contribution is 6.06. The van der Waals surface area contributed by atoms with Gasteiger partial charge in [-0.2, -0.15) is 17.7 Å². The first kappa shape index (κ1) is 18.5. The number of carbonyl (C=O) groups is 2. The van der Waals surface area contributed by atoms with Crippen molar-refractivity contribution in [1.29, 1.82) is 0 Å². The van der Waals surface area contributed by atoms with E-state index < -0.39 is 23.8 Å². The average molecular weight is 416 g/mol. The molecule has 2 aliphatic rings. The van der Waals surface area contributed by atoms with Crippen molar-refractivity contribution in [1.82, 2.24) is 24.7 Å². The maximum absolute atomic E-state index is 13.1. The fourth-order valence-corrected chi connectivity index (χ4v) is 4.05. The van der Waals surface area contributed by atoms with E-state index in [0.29, 0.717) is 4.52 Å². The molecule has 2 saturated heterocycles. The Kier molecular flexibility index (Phi) is 4.02. The van der Waals surface area contributed by atoms with Crippen molar-refractivity contribution in [2.75, 3.05) is 18.0 Å². The highest BCUT2D eigenvalue weighted by Gasteiger charge is 2.52. The predicted molar refractivity (Wildman–Crippen MR) is 97.0 cm³/mol. The van der Waals surface area contributed by atoms with Crippen LogP contribution in [0.15, 0.2) is 42.5 Å². The van der Waals surface area contributed by atoms with Gasteiger partial charge in [-0.3, -0.25) is 14.5 Å². The lowest BCUT2D eigenvalue weighted by atomic mass is 10.00. The molecule has 5 rings (SSSR count). The average Bonchev–Trinajstić information content (AvgIpc) is 3.40. The number of nitrogens with zero attached hydrogens (tertiary/aromatic N) is 6. The molecule has 1 aromatic carbocycles. The highest BCUT2D eigenvalue weighted by atomic mass is 19.4. The van der Waals surface area contributed by atoms with Crippen LogP contribution in [0.25, 0.3) is 5.65 Å². The maximum atomic E-state index is 13.1. The van der Waals surface area contributed by atoms with Gasteiger partial charge in [0.2, 0.25) is 11.8 Å². The monoisotopic (exact) mass is 416 g/mol. The Morgan fingerprint density at radius 2 is 1.60 bits per heavy atom. The second kappa shape index (κ2) is 6.51. The fraction of sp³-hybridized carbons (Fsp3) is 0.316. The molecule has 11 heteroatoms. The highest BCUT2D eigenvalue weighted by Crippen LogP contribution is 2.36. The molecule has 4 heterocycles. The van der Waals surface area contributed by atoms with Gasteiger partial charge in [0.15, 0.2) is 5.65 Å². The first-order valence-electron chi connectivity index (χ1n) is 9.26. The van der Waals surface area contributed by atoms with E-state index in [9.17, 15) is 22.8 Å². The molecule has 0 spiro atoms. The zero-order chi connectivity index (χ0) is 21.0. The molecule has 0 N–H and O–H groups in total. The summed E-state index contributed by atoms with van der Waals surface area (Å²) in [5.74, 6) is -2.60. The number of amides is 2. The van der Waals surface area contributed by atoms with E-state index in [4.69, 9.17) is 0 Å². The normalized spacial score (nSPS) is 21.7. The number of carbonyl (C=O) groups excluding carboxylic acids is 2. The van der Waals surface area contributed by atoms with Gasteiger partial charge >= 0.3 is 6.18 Å². The number of fused-ring (bicyclic) bond motifs is 2. The van der Waals surface area contributed by atoms with Crippen molar-refractivity contribution < 1.29 is 22.8 Å². The van der Waals surface area contributed by atoms with Crippen LogP contribution in [-0.2, 0) is 22.3 Å². The molecule has 0 radical (unpaired) electrons. The third kappa shape index (κ3) is 2.88. The van der Waals surface area contributed by atoms with E-state index in [-0.39, 0.29) is 42.9 Å². The van der Waals surface area contributed by atoms with E-state index in [1.807, 2.05) is 30.3 Å². The lowest BCUT2D eigenvalue weighted by Crippen LogP contribution is -2.36. The van der Waals surface area contributed by atoms with Gasteiger partial charge in [0.05, 0.1) is 18.4 Å². The number of hydrogen-bond donors (Lipinski definition) is 0. The molecule has 8 nitrogen and oxygen atoms in total. The van der Waals surface area contributed by atoms with Crippen molar-refractivity contribution >= 4 is 23.3 Å². The topological polar surface area (TPSA) is 83.7 Å². The third-order valence-electron chi connectivity index (χ3n) is 5.50. The minimum Gasteiger partial charge on any atom is -0.354 e. The molecule has 0 bridgehead atoms. The Morgan fingerprint density at radius 1 is 0.933 bits per heavy atom. The lowest BCUT2D eigenvalue weighted by Gasteiger charge is -2.21. The van der Waals surface area contributed by atoms with Crippen LogP contribution in [-0.4, -0.2) is 49.6 Å². The smallest absolute Gasteiger partial charge is 0.354 e. The number of likely N-dealkylation sites (tertiary alicyclic amines) is 1. The summed E-state index contributed by atoms with van der Waals surface area (Å²) in [6.45, 7) is 0.635. The molecule has 2 atom stereocenters. The van der Waals surface area contributed by atoms with Gasteiger partial charge in [0, 0.05) is 13.1 Å². The summed E-state index contributed by atoms with van der Waals surface area (Å²) in [4.78, 5) is 28.6. The molecule has 154 valence electrons. The van der Waals surface area contributed by atoms with Gasteiger partial charge in [-0.05, 0) is 17.7 Å². The predicted octanol–water partition coefficient (Wildman–Crippen LogP) is 1.76. The molecule has 30 heavy (non-hydrogen) atoms. The quantitative estimate of drug-likeness (QED) is 0.605. The van der Waals surface area contributed by atoms with E-state index in [2.05, 4.69) is 15.3 Å². The van der Waals surface area contributed by atoms with Crippen molar-refractivity contribution in [3.8, 4) is 0 Å². The molecule has 0 saturated carbocycles. The molecule has 2 amide bonds. The van der Waals surface area contributed by atoms with Crippen LogP contribution in [0, 0.1) is 11.8 Å². The molecule has 2 unspecified atom stereocenters. The molecule has 2 aliphatic heterocycles. The number of aromatic nitrogens is 4. The van der Waals surface area contributed by atoms with Gasteiger partial charge in [0.1, 0.15) is 5.82 Å². The van der Waals surface area contributed by atoms with Crippen LogP contribution in [0.1, 0.15) is 11.4 Å². The van der Waals surface area contributed by atoms with Crippen molar-refractivity contribution in [2.45, 2.75) is 12.7 Å². The third-order valence-corrected chi connectivity index (χ3v) is 5.50. The Bertz CT molecular complexity index is 1120. The molecule has 2 fully saturated rings. The number of anilines is 1. The number of halogens is 3. The standard InChI is InChI=1S/C19H15F3N6O2/c20-19(21,22)18-24-23-14-6-7-15(25-28(14)18)26-9-12-13(10-26)17(30)27(16(12)29)8-11-4-2-1-3-5-11/h1-7,12-13H,8-10H2. The van der Waals surface area contributed by atoms with E-state index in [0.717, 1.165) is 5.56 Å². The second-order valence-corrected chi connectivity index (χ2v) is 7.35. The summed E-state index contributed by atoms with van der Waals surface area (Å²) >= 11 is 0. The second-order valence-electron chi connectivity index (χ2n) is 7.35. The maximum Gasteiger partial charge on any atom is 0.453 e. The van der Waals surface area contributed by atoms with E-state index >= 15 is 0 Å². The Balaban J connectivity index is 1.38. The molecular formula is C19H15F3N6O2. The fourth-order valence-electron chi connectivity index (χ4n) is 4.05. The van der Waals surface area contributed by atoms with E-state index in [1.165, 1.54) is 17.0 Å². The molecular weight excluding hydrogens is 401 g/mol. The zero-order valence-corrected chi connectivity index (χ0v) is 15.5. The summed E-state index contributed by atoms with van der Waals surface area (Å²) < 4.78 is 39.9. The summed E-state index contributed by atoms with van der Waals surface area (Å²) in [5, 5.41) is 10.6. The van der Waals surface area contributed by atoms with Gasteiger partial charge in [-0.1, -0.05) is 30.3 Å². The summed E-state index contributed by atoms with van der Waals surface area (Å²) in [6.07, 6.45) is -4.70. The molecule has 0 aliphatic carbocycles. The largest absolute Gasteiger partial charge is 0.453 e. The van der Waals surface area contributed by atoms with Gasteiger partial charge in [0.25, 0.3) is 5.82 Å². The van der Waals surface area contributed by atoms with Crippen LogP contribution in [0.3, 0.4) is 0 Å². The van der Waals surface area contributed by atoms with Crippen molar-refractivity contribution in [3.05, 3.63) is 53.9 Å². The summed E-state index contributed by atoms with van der Waals surface area (Å²) in [7, 11) is 0. The Hall–Kier alpha value is -3.50. The van der Waals surface area contributed by atoms with Gasteiger partial charge < -0.3 is 4.90 Å². The minimum absolute atomic E-state index is 0.0355. The Morgan fingerprint density at radius 3 is 2.23 bits per heavy atom. The lowest BCUT2D eigenvalue weighted by molar-refractivity contribution is -0.146.